The predicted octanol–water partition coefficient (Wildman–Crippen LogP) is 4.76. The predicted molar refractivity (Wildman–Crippen MR) is 108 cm³/mol. The van der Waals surface area contributed by atoms with E-state index in [1.807, 2.05) is 30.3 Å². The van der Waals surface area contributed by atoms with Crippen molar-refractivity contribution >= 4 is 51.4 Å². The minimum Gasteiger partial charge on any atom is -0.378 e. The fraction of sp³-hybridized carbons (Fsp3) is 0.200. The number of morpholine rings is 1. The molecule has 0 aliphatic carbocycles. The van der Waals surface area contributed by atoms with E-state index in [1.54, 1.807) is 23.2 Å². The molecule has 1 aromatic heterocycles. The summed E-state index contributed by atoms with van der Waals surface area (Å²) in [7, 11) is 0. The molecule has 1 amide bonds. The summed E-state index contributed by atoms with van der Waals surface area (Å²) in [5, 5.41) is 6.05. The Morgan fingerprint density at radius 3 is 2.59 bits per heavy atom. The number of fused-ring (bicyclic) bond motifs is 1. The zero-order valence-corrected chi connectivity index (χ0v) is 15.9. The van der Waals surface area contributed by atoms with Crippen LogP contribution in [-0.4, -0.2) is 42.1 Å². The van der Waals surface area contributed by atoms with Crippen molar-refractivity contribution in [3.63, 3.8) is 0 Å². The first-order chi connectivity index (χ1) is 13.1. The number of aromatic nitrogens is 1. The van der Waals surface area contributed by atoms with Crippen LogP contribution in [-0.2, 0) is 4.74 Å². The molecule has 138 valence electrons. The Balaban J connectivity index is 1.76. The van der Waals surface area contributed by atoms with Gasteiger partial charge in [0.25, 0.3) is 5.91 Å². The summed E-state index contributed by atoms with van der Waals surface area (Å²) in [6.07, 6.45) is 1.60. The van der Waals surface area contributed by atoms with Gasteiger partial charge in [-0.2, -0.15) is 0 Å². The van der Waals surface area contributed by atoms with Gasteiger partial charge >= 0.3 is 0 Å². The van der Waals surface area contributed by atoms with Crippen molar-refractivity contribution in [2.45, 2.75) is 0 Å². The molecule has 4 rings (SSSR count). The number of rotatable bonds is 3. The highest BCUT2D eigenvalue weighted by molar-refractivity contribution is 6.32. The van der Waals surface area contributed by atoms with E-state index < -0.39 is 0 Å². The van der Waals surface area contributed by atoms with Gasteiger partial charge in [-0.05, 0) is 36.4 Å². The highest BCUT2D eigenvalue weighted by Gasteiger charge is 2.22. The second kappa shape index (κ2) is 7.72. The van der Waals surface area contributed by atoms with Gasteiger partial charge in [0.15, 0.2) is 0 Å². The van der Waals surface area contributed by atoms with Crippen molar-refractivity contribution < 1.29 is 9.53 Å². The molecule has 27 heavy (non-hydrogen) atoms. The number of hydrogen-bond donors (Lipinski definition) is 1. The number of carbonyl (C=O) groups is 1. The molecule has 0 unspecified atom stereocenters. The van der Waals surface area contributed by atoms with Gasteiger partial charge in [0.1, 0.15) is 5.82 Å². The molecule has 3 aromatic rings. The zero-order chi connectivity index (χ0) is 18.8. The van der Waals surface area contributed by atoms with E-state index in [9.17, 15) is 4.79 Å². The topological polar surface area (TPSA) is 54.5 Å². The van der Waals surface area contributed by atoms with Crippen molar-refractivity contribution in [3.8, 4) is 0 Å². The molecule has 1 N–H and O–H groups in total. The van der Waals surface area contributed by atoms with Crippen LogP contribution in [0.15, 0.2) is 48.7 Å². The van der Waals surface area contributed by atoms with Gasteiger partial charge in [0, 0.05) is 45.8 Å². The molecule has 0 radical (unpaired) electrons. The van der Waals surface area contributed by atoms with Crippen LogP contribution in [0.3, 0.4) is 0 Å². The zero-order valence-electron chi connectivity index (χ0n) is 14.4. The monoisotopic (exact) mass is 401 g/mol. The molecule has 0 atom stereocenters. The lowest BCUT2D eigenvalue weighted by atomic mass is 10.1. The van der Waals surface area contributed by atoms with Crippen molar-refractivity contribution in [2.75, 3.05) is 31.6 Å². The summed E-state index contributed by atoms with van der Waals surface area (Å²) in [5.74, 6) is 0.579. The van der Waals surface area contributed by atoms with Gasteiger partial charge in [-0.25, -0.2) is 4.98 Å². The SMILES string of the molecule is O=C(c1cnc(Nc2cccc(Cl)c2)c2ccc(Cl)cc12)N1CCOCC1. The third-order valence-electron chi connectivity index (χ3n) is 4.47. The van der Waals surface area contributed by atoms with E-state index in [1.165, 1.54) is 0 Å². The van der Waals surface area contributed by atoms with Gasteiger partial charge in [0.2, 0.25) is 0 Å². The first-order valence-electron chi connectivity index (χ1n) is 8.60. The maximum absolute atomic E-state index is 13.0. The van der Waals surface area contributed by atoms with Gasteiger partial charge < -0.3 is 15.0 Å². The van der Waals surface area contributed by atoms with E-state index in [4.69, 9.17) is 27.9 Å². The van der Waals surface area contributed by atoms with Crippen LogP contribution in [0.5, 0.6) is 0 Å². The summed E-state index contributed by atoms with van der Waals surface area (Å²) in [4.78, 5) is 19.3. The first-order valence-corrected chi connectivity index (χ1v) is 9.35. The fourth-order valence-corrected chi connectivity index (χ4v) is 3.49. The maximum Gasteiger partial charge on any atom is 0.256 e. The van der Waals surface area contributed by atoms with Crippen LogP contribution in [0.2, 0.25) is 10.0 Å². The number of halogens is 2. The molecule has 1 aliphatic heterocycles. The minimum absolute atomic E-state index is 0.0626. The Morgan fingerprint density at radius 2 is 1.81 bits per heavy atom. The number of pyridine rings is 1. The summed E-state index contributed by atoms with van der Waals surface area (Å²) >= 11 is 12.3. The van der Waals surface area contributed by atoms with E-state index in [0.717, 1.165) is 16.5 Å². The average molecular weight is 402 g/mol. The van der Waals surface area contributed by atoms with Crippen molar-refractivity contribution in [1.29, 1.82) is 0 Å². The lowest BCUT2D eigenvalue weighted by molar-refractivity contribution is 0.0304. The second-order valence-electron chi connectivity index (χ2n) is 6.25. The van der Waals surface area contributed by atoms with E-state index >= 15 is 0 Å². The van der Waals surface area contributed by atoms with Crippen molar-refractivity contribution in [2.24, 2.45) is 0 Å². The van der Waals surface area contributed by atoms with Crippen LogP contribution < -0.4 is 5.32 Å². The fourth-order valence-electron chi connectivity index (χ4n) is 3.12. The quantitative estimate of drug-likeness (QED) is 0.687. The Bertz CT molecular complexity index is 1000. The molecule has 2 heterocycles. The van der Waals surface area contributed by atoms with Crippen LogP contribution in [0, 0.1) is 0 Å². The van der Waals surface area contributed by atoms with Gasteiger partial charge in [-0.3, -0.25) is 4.79 Å². The van der Waals surface area contributed by atoms with E-state index in [-0.39, 0.29) is 5.91 Å². The van der Waals surface area contributed by atoms with Gasteiger partial charge in [-0.1, -0.05) is 29.3 Å². The molecule has 7 heteroatoms. The lowest BCUT2D eigenvalue weighted by Crippen LogP contribution is -2.40. The number of anilines is 2. The number of carbonyl (C=O) groups excluding carboxylic acids is 1. The van der Waals surface area contributed by atoms with Crippen molar-refractivity contribution in [1.82, 2.24) is 9.88 Å². The number of benzene rings is 2. The Labute approximate surface area is 166 Å². The first kappa shape index (κ1) is 18.0. The number of nitrogens with one attached hydrogen (secondary N) is 1. The molecule has 1 aliphatic rings. The van der Waals surface area contributed by atoms with E-state index in [2.05, 4.69) is 10.3 Å². The highest BCUT2D eigenvalue weighted by Crippen LogP contribution is 2.30. The molecule has 1 saturated heterocycles. The molecule has 5 nitrogen and oxygen atoms in total. The average Bonchev–Trinajstić information content (AvgIpc) is 2.68. The standard InChI is InChI=1S/C20H17Cl2N3O2/c21-13-2-1-3-15(10-13)24-19-16-5-4-14(22)11-17(16)18(12-23-19)20(26)25-6-8-27-9-7-25/h1-5,10-12H,6-9H2,(H,23,24). The molecule has 2 aromatic carbocycles. The summed E-state index contributed by atoms with van der Waals surface area (Å²) < 4.78 is 5.34. The van der Waals surface area contributed by atoms with E-state index in [0.29, 0.717) is 47.7 Å². The minimum atomic E-state index is -0.0626. The largest absolute Gasteiger partial charge is 0.378 e. The molecule has 1 fully saturated rings. The van der Waals surface area contributed by atoms with Crippen molar-refractivity contribution in [3.05, 3.63) is 64.3 Å². The summed E-state index contributed by atoms with van der Waals surface area (Å²) in [6.45, 7) is 2.24. The molecule has 0 saturated carbocycles. The molecule has 0 spiro atoms. The highest BCUT2D eigenvalue weighted by atomic mass is 35.5. The number of amides is 1. The Morgan fingerprint density at radius 1 is 1.04 bits per heavy atom. The summed E-state index contributed by atoms with van der Waals surface area (Å²) in [5.41, 5.74) is 1.35. The van der Waals surface area contributed by atoms with Crippen LogP contribution in [0.1, 0.15) is 10.4 Å². The lowest BCUT2D eigenvalue weighted by Gasteiger charge is -2.27. The Kier molecular flexibility index (Phi) is 5.16. The van der Waals surface area contributed by atoms with Crippen LogP contribution >= 0.6 is 23.2 Å². The number of hydrogen-bond acceptors (Lipinski definition) is 4. The summed E-state index contributed by atoms with van der Waals surface area (Å²) in [6, 6.07) is 12.9. The molecular formula is C20H17Cl2N3O2. The van der Waals surface area contributed by atoms with Crippen LogP contribution in [0.4, 0.5) is 11.5 Å². The van der Waals surface area contributed by atoms with Crippen LogP contribution in [0.25, 0.3) is 10.8 Å². The number of ether oxygens (including phenoxy) is 1. The smallest absolute Gasteiger partial charge is 0.256 e. The maximum atomic E-state index is 13.0. The van der Waals surface area contributed by atoms with Gasteiger partial charge in [-0.15, -0.1) is 0 Å². The third-order valence-corrected chi connectivity index (χ3v) is 4.94. The molecular weight excluding hydrogens is 385 g/mol. The third kappa shape index (κ3) is 3.86. The second-order valence-corrected chi connectivity index (χ2v) is 7.12. The molecule has 0 bridgehead atoms. The Hall–Kier alpha value is -2.34. The normalized spacial score (nSPS) is 14.4. The van der Waals surface area contributed by atoms with Gasteiger partial charge in [0.05, 0.1) is 18.8 Å². The number of nitrogens with zero attached hydrogens (tertiary/aromatic N) is 2.